The number of hydrogen-bond acceptors (Lipinski definition) is 5. The summed E-state index contributed by atoms with van der Waals surface area (Å²) in [6.07, 6.45) is 0. The van der Waals surface area contributed by atoms with Gasteiger partial charge in [-0.05, 0) is 41.5 Å². The molecule has 0 aliphatic carbocycles. The Morgan fingerprint density at radius 3 is 2.38 bits per heavy atom. The second-order valence-electron chi connectivity index (χ2n) is 6.95. The number of carbonyl (C=O) groups is 1. The zero-order chi connectivity index (χ0) is 20.0. The third-order valence-corrected chi connectivity index (χ3v) is 5.56. The van der Waals surface area contributed by atoms with Gasteiger partial charge >= 0.3 is 5.97 Å². The standard InChI is InChI=1S/C23H17ClO5/c1-26-16-7-5-13(6-8-16)21-17-10-19-20(28-12-27-19)11-18(17)29-23(25)22(21)14-3-2-4-15(24)9-14/h2-11,21-22H,12H2,1H3/t21-,22-/m0/s1. The van der Waals surface area contributed by atoms with E-state index in [1.54, 1.807) is 19.2 Å². The van der Waals surface area contributed by atoms with Gasteiger partial charge in [-0.25, -0.2) is 0 Å². The Hall–Kier alpha value is -3.18. The maximum Gasteiger partial charge on any atom is 0.319 e. The van der Waals surface area contributed by atoms with Gasteiger partial charge in [-0.15, -0.1) is 0 Å². The summed E-state index contributed by atoms with van der Waals surface area (Å²) in [4.78, 5) is 13.1. The average molecular weight is 409 g/mol. The first-order chi connectivity index (χ1) is 14.1. The van der Waals surface area contributed by atoms with Crippen LogP contribution >= 0.6 is 11.6 Å². The lowest BCUT2D eigenvalue weighted by Crippen LogP contribution is -2.30. The third-order valence-electron chi connectivity index (χ3n) is 5.32. The molecule has 146 valence electrons. The number of esters is 1. The van der Waals surface area contributed by atoms with E-state index in [1.807, 2.05) is 48.5 Å². The molecule has 2 aliphatic rings. The van der Waals surface area contributed by atoms with Crippen LogP contribution in [0.15, 0.2) is 60.7 Å². The molecule has 29 heavy (non-hydrogen) atoms. The summed E-state index contributed by atoms with van der Waals surface area (Å²) in [6, 6.07) is 18.7. The molecule has 0 saturated carbocycles. The van der Waals surface area contributed by atoms with Gasteiger partial charge in [-0.3, -0.25) is 4.79 Å². The average Bonchev–Trinajstić information content (AvgIpc) is 3.18. The Balaban J connectivity index is 1.70. The lowest BCUT2D eigenvalue weighted by Gasteiger charge is -2.33. The maximum absolute atomic E-state index is 13.1. The van der Waals surface area contributed by atoms with Crippen molar-refractivity contribution < 1.29 is 23.7 Å². The minimum atomic E-state index is -0.546. The van der Waals surface area contributed by atoms with E-state index in [-0.39, 0.29) is 18.7 Å². The summed E-state index contributed by atoms with van der Waals surface area (Å²) in [5, 5.41) is 0.570. The first kappa shape index (κ1) is 17.9. The molecule has 2 aliphatic heterocycles. The quantitative estimate of drug-likeness (QED) is 0.455. The molecule has 6 heteroatoms. The molecule has 0 unspecified atom stereocenters. The summed E-state index contributed by atoms with van der Waals surface area (Å²) in [5.74, 6) is 1.30. The summed E-state index contributed by atoms with van der Waals surface area (Å²) in [6.45, 7) is 0.150. The van der Waals surface area contributed by atoms with Gasteiger partial charge in [0.25, 0.3) is 0 Å². The summed E-state index contributed by atoms with van der Waals surface area (Å²) < 4.78 is 22.0. The fourth-order valence-electron chi connectivity index (χ4n) is 3.97. The van der Waals surface area contributed by atoms with Crippen LogP contribution in [0.2, 0.25) is 5.02 Å². The van der Waals surface area contributed by atoms with E-state index < -0.39 is 5.92 Å². The number of fused-ring (bicyclic) bond motifs is 2. The van der Waals surface area contributed by atoms with Crippen molar-refractivity contribution in [2.24, 2.45) is 0 Å². The Bertz CT molecular complexity index is 1090. The van der Waals surface area contributed by atoms with Crippen molar-refractivity contribution >= 4 is 17.6 Å². The molecule has 0 amide bonds. The highest BCUT2D eigenvalue weighted by Gasteiger charge is 2.41. The molecule has 0 N–H and O–H groups in total. The molecule has 3 aromatic rings. The van der Waals surface area contributed by atoms with Crippen LogP contribution in [0.25, 0.3) is 0 Å². The van der Waals surface area contributed by atoms with Gasteiger partial charge in [-0.2, -0.15) is 0 Å². The normalized spacial score (nSPS) is 19.4. The first-order valence-electron chi connectivity index (χ1n) is 9.18. The molecule has 0 fully saturated rings. The van der Waals surface area contributed by atoms with Gasteiger partial charge in [0.05, 0.1) is 13.0 Å². The van der Waals surface area contributed by atoms with Gasteiger partial charge in [0.15, 0.2) is 11.5 Å². The Morgan fingerprint density at radius 2 is 1.66 bits per heavy atom. The molecule has 0 bridgehead atoms. The Labute approximate surface area is 172 Å². The molecule has 2 heterocycles. The van der Waals surface area contributed by atoms with Gasteiger partial charge < -0.3 is 18.9 Å². The van der Waals surface area contributed by atoms with E-state index in [0.717, 1.165) is 22.4 Å². The molecule has 0 spiro atoms. The maximum atomic E-state index is 13.1. The number of benzene rings is 3. The monoisotopic (exact) mass is 408 g/mol. The van der Waals surface area contributed by atoms with Crippen molar-refractivity contribution in [3.8, 4) is 23.0 Å². The smallest absolute Gasteiger partial charge is 0.319 e. The number of ether oxygens (including phenoxy) is 4. The number of hydrogen-bond donors (Lipinski definition) is 0. The minimum Gasteiger partial charge on any atom is -0.497 e. The first-order valence-corrected chi connectivity index (χ1v) is 9.56. The molecule has 0 radical (unpaired) electrons. The van der Waals surface area contributed by atoms with Crippen LogP contribution in [0.5, 0.6) is 23.0 Å². The number of carbonyl (C=O) groups excluding carboxylic acids is 1. The van der Waals surface area contributed by atoms with Gasteiger partial charge in [0, 0.05) is 22.6 Å². The molecule has 5 nitrogen and oxygen atoms in total. The zero-order valence-corrected chi connectivity index (χ0v) is 16.3. The van der Waals surface area contributed by atoms with Crippen LogP contribution < -0.4 is 18.9 Å². The summed E-state index contributed by atoms with van der Waals surface area (Å²) >= 11 is 6.22. The van der Waals surface area contributed by atoms with E-state index in [1.165, 1.54) is 0 Å². The Kier molecular flexibility index (Phi) is 4.32. The lowest BCUT2D eigenvalue weighted by atomic mass is 9.75. The van der Waals surface area contributed by atoms with E-state index in [0.29, 0.717) is 22.3 Å². The van der Waals surface area contributed by atoms with Crippen LogP contribution in [0.4, 0.5) is 0 Å². The third kappa shape index (κ3) is 3.08. The molecule has 0 saturated heterocycles. The van der Waals surface area contributed by atoms with Crippen molar-refractivity contribution in [2.75, 3.05) is 13.9 Å². The van der Waals surface area contributed by atoms with Gasteiger partial charge in [0.1, 0.15) is 11.5 Å². The van der Waals surface area contributed by atoms with E-state index in [9.17, 15) is 4.79 Å². The minimum absolute atomic E-state index is 0.150. The summed E-state index contributed by atoms with van der Waals surface area (Å²) in [5.41, 5.74) is 2.63. The number of rotatable bonds is 3. The molecule has 3 aromatic carbocycles. The van der Waals surface area contributed by atoms with Crippen molar-refractivity contribution in [1.29, 1.82) is 0 Å². The van der Waals surface area contributed by atoms with E-state index >= 15 is 0 Å². The highest BCUT2D eigenvalue weighted by Crippen LogP contribution is 2.51. The molecular weight excluding hydrogens is 392 g/mol. The molecule has 2 atom stereocenters. The highest BCUT2D eigenvalue weighted by molar-refractivity contribution is 6.30. The number of methoxy groups -OCH3 is 1. The second kappa shape index (κ2) is 7.01. The number of halogens is 1. The van der Waals surface area contributed by atoms with Crippen molar-refractivity contribution in [3.05, 3.63) is 82.4 Å². The molecule has 5 rings (SSSR count). The summed E-state index contributed by atoms with van der Waals surface area (Å²) in [7, 11) is 1.62. The topological polar surface area (TPSA) is 54.0 Å². The van der Waals surface area contributed by atoms with Gasteiger partial charge in [0.2, 0.25) is 6.79 Å². The van der Waals surface area contributed by atoms with Crippen molar-refractivity contribution in [2.45, 2.75) is 11.8 Å². The zero-order valence-electron chi connectivity index (χ0n) is 15.6. The van der Waals surface area contributed by atoms with E-state index in [2.05, 4.69) is 0 Å². The van der Waals surface area contributed by atoms with Crippen molar-refractivity contribution in [1.82, 2.24) is 0 Å². The predicted molar refractivity (Wildman–Crippen MR) is 107 cm³/mol. The fourth-order valence-corrected chi connectivity index (χ4v) is 4.17. The van der Waals surface area contributed by atoms with Crippen LogP contribution in [0, 0.1) is 0 Å². The highest BCUT2D eigenvalue weighted by atomic mass is 35.5. The SMILES string of the molecule is COc1ccc([C@H]2c3cc4c(cc3OC(=O)[C@H]2c2cccc(Cl)c2)OCO4)cc1. The molecule has 0 aromatic heterocycles. The second-order valence-corrected chi connectivity index (χ2v) is 7.38. The Morgan fingerprint density at radius 1 is 0.897 bits per heavy atom. The lowest BCUT2D eigenvalue weighted by molar-refractivity contribution is -0.137. The van der Waals surface area contributed by atoms with Gasteiger partial charge in [-0.1, -0.05) is 35.9 Å². The fraction of sp³-hybridized carbons (Fsp3) is 0.174. The van der Waals surface area contributed by atoms with Crippen molar-refractivity contribution in [3.63, 3.8) is 0 Å². The predicted octanol–water partition coefficient (Wildman–Crippen LogP) is 4.91. The van der Waals surface area contributed by atoms with Crippen LogP contribution in [0.1, 0.15) is 28.5 Å². The van der Waals surface area contributed by atoms with Crippen LogP contribution in [0.3, 0.4) is 0 Å². The van der Waals surface area contributed by atoms with Crippen LogP contribution in [-0.4, -0.2) is 19.9 Å². The largest absolute Gasteiger partial charge is 0.497 e. The molecular formula is C23H17ClO5. The van der Waals surface area contributed by atoms with E-state index in [4.69, 9.17) is 30.5 Å². The van der Waals surface area contributed by atoms with Crippen LogP contribution in [-0.2, 0) is 4.79 Å².